The van der Waals surface area contributed by atoms with E-state index >= 15 is 0 Å². The van der Waals surface area contributed by atoms with Crippen molar-refractivity contribution in [3.8, 4) is 5.75 Å². The molecule has 2 aromatic carbocycles. The first-order chi connectivity index (χ1) is 13.6. The molecule has 1 aliphatic rings. The van der Waals surface area contributed by atoms with E-state index in [1.165, 1.54) is 17.7 Å². The summed E-state index contributed by atoms with van der Waals surface area (Å²) in [6.45, 7) is 4.69. The molecule has 28 heavy (non-hydrogen) atoms. The van der Waals surface area contributed by atoms with E-state index in [4.69, 9.17) is 4.74 Å². The molecule has 1 aliphatic heterocycles. The van der Waals surface area contributed by atoms with Crippen LogP contribution in [0.25, 0.3) is 0 Å². The van der Waals surface area contributed by atoms with Gasteiger partial charge in [-0.15, -0.1) is 0 Å². The Morgan fingerprint density at radius 3 is 2.46 bits per heavy atom. The number of likely N-dealkylation sites (tertiary alicyclic amines) is 1. The van der Waals surface area contributed by atoms with Gasteiger partial charge < -0.3 is 9.64 Å². The van der Waals surface area contributed by atoms with Gasteiger partial charge in [-0.05, 0) is 49.6 Å². The summed E-state index contributed by atoms with van der Waals surface area (Å²) in [6.07, 6.45) is 3.13. The van der Waals surface area contributed by atoms with Crippen LogP contribution in [0.2, 0.25) is 0 Å². The summed E-state index contributed by atoms with van der Waals surface area (Å²) in [7, 11) is 1.70. The third-order valence-electron chi connectivity index (χ3n) is 5.35. The molecule has 0 saturated carbocycles. The van der Waals surface area contributed by atoms with Gasteiger partial charge in [0.05, 0.1) is 7.11 Å². The zero-order valence-corrected chi connectivity index (χ0v) is 16.7. The lowest BCUT2D eigenvalue weighted by Gasteiger charge is -2.39. The van der Waals surface area contributed by atoms with Gasteiger partial charge in [0.15, 0.2) is 0 Å². The van der Waals surface area contributed by atoms with Crippen molar-refractivity contribution in [2.45, 2.75) is 45.2 Å². The molecule has 0 aromatic heterocycles. The van der Waals surface area contributed by atoms with Gasteiger partial charge in [-0.1, -0.05) is 25.1 Å². The number of carbonyl (C=O) groups excluding carboxylic acids is 1. The molecule has 0 unspecified atom stereocenters. The van der Waals surface area contributed by atoms with Crippen molar-refractivity contribution in [1.82, 2.24) is 4.90 Å². The zero-order valence-electron chi connectivity index (χ0n) is 16.7. The van der Waals surface area contributed by atoms with Crippen molar-refractivity contribution in [2.24, 2.45) is 0 Å². The van der Waals surface area contributed by atoms with Gasteiger partial charge in [-0.25, -0.2) is 4.39 Å². The number of hydrogen-bond donors (Lipinski definition) is 0. The molecule has 150 valence electrons. The lowest BCUT2D eigenvalue weighted by Crippen LogP contribution is -2.47. The molecule has 1 fully saturated rings. The minimum absolute atomic E-state index is 0.122. The second-order valence-corrected chi connectivity index (χ2v) is 7.31. The predicted molar refractivity (Wildman–Crippen MR) is 110 cm³/mol. The van der Waals surface area contributed by atoms with Crippen LogP contribution >= 0.6 is 0 Å². The highest BCUT2D eigenvalue weighted by Gasteiger charge is 2.29. The number of methoxy groups -OCH3 is 1. The molecule has 0 aliphatic carbocycles. The summed E-state index contributed by atoms with van der Waals surface area (Å²) in [6, 6.07) is 14.5. The topological polar surface area (TPSA) is 32.8 Å². The van der Waals surface area contributed by atoms with Crippen LogP contribution < -0.4 is 9.64 Å². The fourth-order valence-electron chi connectivity index (χ4n) is 3.90. The molecule has 1 saturated heterocycles. The number of piperidine rings is 1. The van der Waals surface area contributed by atoms with Gasteiger partial charge in [0.25, 0.3) is 0 Å². The second-order valence-electron chi connectivity index (χ2n) is 7.31. The van der Waals surface area contributed by atoms with Crippen LogP contribution in [0, 0.1) is 5.82 Å². The molecule has 5 heteroatoms. The molecule has 0 atom stereocenters. The second kappa shape index (κ2) is 9.69. The van der Waals surface area contributed by atoms with Crippen molar-refractivity contribution in [3.05, 3.63) is 59.9 Å². The van der Waals surface area contributed by atoms with E-state index in [2.05, 4.69) is 11.0 Å². The standard InChI is InChI=1S/C23H29FN2O2/c1-3-6-23(27)26(20-11-9-19(24)10-12-20)21-13-15-25(16-14-21)17-18-7-4-5-8-22(18)28-2/h4-5,7-12,21H,3,6,13-17H2,1-2H3. The molecular weight excluding hydrogens is 355 g/mol. The number of anilines is 1. The summed E-state index contributed by atoms with van der Waals surface area (Å²) in [5, 5.41) is 0. The largest absolute Gasteiger partial charge is 0.496 e. The Bertz CT molecular complexity index is 770. The fourth-order valence-corrected chi connectivity index (χ4v) is 3.90. The SMILES string of the molecule is CCCC(=O)N(c1ccc(F)cc1)C1CCN(Cc2ccccc2OC)CC1. The molecule has 0 bridgehead atoms. The van der Waals surface area contributed by atoms with E-state index in [-0.39, 0.29) is 17.8 Å². The molecular formula is C23H29FN2O2. The number of hydrogen-bond acceptors (Lipinski definition) is 3. The number of rotatable bonds is 7. The van der Waals surface area contributed by atoms with Crippen LogP contribution in [-0.2, 0) is 11.3 Å². The molecule has 3 rings (SSSR count). The number of ether oxygens (including phenoxy) is 1. The van der Waals surface area contributed by atoms with E-state index in [0.717, 1.165) is 50.3 Å². The third kappa shape index (κ3) is 4.90. The number of para-hydroxylation sites is 1. The average molecular weight is 384 g/mol. The van der Waals surface area contributed by atoms with E-state index in [1.807, 2.05) is 30.0 Å². The van der Waals surface area contributed by atoms with Crippen molar-refractivity contribution in [1.29, 1.82) is 0 Å². The van der Waals surface area contributed by atoms with Crippen molar-refractivity contribution >= 4 is 11.6 Å². The number of halogens is 1. The smallest absolute Gasteiger partial charge is 0.227 e. The van der Waals surface area contributed by atoms with Crippen LogP contribution in [-0.4, -0.2) is 37.0 Å². The Morgan fingerprint density at radius 2 is 1.82 bits per heavy atom. The van der Waals surface area contributed by atoms with Crippen LogP contribution in [0.3, 0.4) is 0 Å². The highest BCUT2D eigenvalue weighted by Crippen LogP contribution is 2.27. The lowest BCUT2D eigenvalue weighted by molar-refractivity contribution is -0.119. The molecule has 2 aromatic rings. The Labute approximate surface area is 166 Å². The Hall–Kier alpha value is -2.40. The molecule has 0 spiro atoms. The average Bonchev–Trinajstić information content (AvgIpc) is 2.71. The summed E-state index contributed by atoms with van der Waals surface area (Å²) in [5.74, 6) is 0.756. The fraction of sp³-hybridized carbons (Fsp3) is 0.435. The van der Waals surface area contributed by atoms with E-state index < -0.39 is 0 Å². The highest BCUT2D eigenvalue weighted by atomic mass is 19.1. The van der Waals surface area contributed by atoms with Gasteiger partial charge in [-0.3, -0.25) is 9.69 Å². The summed E-state index contributed by atoms with van der Waals surface area (Å²) < 4.78 is 18.8. The number of nitrogens with zero attached hydrogens (tertiary/aromatic N) is 2. The maximum atomic E-state index is 13.3. The van der Waals surface area contributed by atoms with Gasteiger partial charge >= 0.3 is 0 Å². The third-order valence-corrected chi connectivity index (χ3v) is 5.35. The monoisotopic (exact) mass is 384 g/mol. The maximum absolute atomic E-state index is 13.3. The van der Waals surface area contributed by atoms with Crippen LogP contribution in [0.5, 0.6) is 5.75 Å². The molecule has 1 amide bonds. The van der Waals surface area contributed by atoms with E-state index in [1.54, 1.807) is 19.2 Å². The lowest BCUT2D eigenvalue weighted by atomic mass is 10.0. The summed E-state index contributed by atoms with van der Waals surface area (Å²) >= 11 is 0. The van der Waals surface area contributed by atoms with E-state index in [9.17, 15) is 9.18 Å². The first kappa shape index (κ1) is 20.3. The first-order valence-electron chi connectivity index (χ1n) is 10.0. The number of amides is 1. The Balaban J connectivity index is 1.68. The van der Waals surface area contributed by atoms with Crippen molar-refractivity contribution in [2.75, 3.05) is 25.1 Å². The van der Waals surface area contributed by atoms with E-state index in [0.29, 0.717) is 6.42 Å². The molecule has 0 N–H and O–H groups in total. The minimum atomic E-state index is -0.279. The summed E-state index contributed by atoms with van der Waals surface area (Å²) in [5.41, 5.74) is 1.98. The zero-order chi connectivity index (χ0) is 19.9. The summed E-state index contributed by atoms with van der Waals surface area (Å²) in [4.78, 5) is 17.1. The van der Waals surface area contributed by atoms with Crippen LogP contribution in [0.15, 0.2) is 48.5 Å². The predicted octanol–water partition coefficient (Wildman–Crippen LogP) is 4.63. The number of carbonyl (C=O) groups is 1. The highest BCUT2D eigenvalue weighted by molar-refractivity contribution is 5.93. The number of benzene rings is 2. The van der Waals surface area contributed by atoms with Crippen molar-refractivity contribution in [3.63, 3.8) is 0 Å². The maximum Gasteiger partial charge on any atom is 0.227 e. The van der Waals surface area contributed by atoms with Gasteiger partial charge in [0.2, 0.25) is 5.91 Å². The molecule has 4 nitrogen and oxygen atoms in total. The molecule has 1 heterocycles. The molecule has 0 radical (unpaired) electrons. The normalized spacial score (nSPS) is 15.4. The van der Waals surface area contributed by atoms with Crippen LogP contribution in [0.4, 0.5) is 10.1 Å². The van der Waals surface area contributed by atoms with Gasteiger partial charge in [0.1, 0.15) is 11.6 Å². The quantitative estimate of drug-likeness (QED) is 0.698. The Morgan fingerprint density at radius 1 is 1.14 bits per heavy atom. The van der Waals surface area contributed by atoms with Gasteiger partial charge in [-0.2, -0.15) is 0 Å². The van der Waals surface area contributed by atoms with Crippen molar-refractivity contribution < 1.29 is 13.9 Å². The minimum Gasteiger partial charge on any atom is -0.496 e. The first-order valence-corrected chi connectivity index (χ1v) is 10.0. The van der Waals surface area contributed by atoms with Crippen LogP contribution in [0.1, 0.15) is 38.2 Å². The Kier molecular flexibility index (Phi) is 7.04. The van der Waals surface area contributed by atoms with Gasteiger partial charge in [0, 0.05) is 43.3 Å².